The molecule has 0 heterocycles. The number of nitrogens with one attached hydrogen (secondary N) is 2. The average Bonchev–Trinajstić information content (AvgIpc) is 3.13. The van der Waals surface area contributed by atoms with E-state index in [0.717, 1.165) is 25.7 Å². The Labute approximate surface area is 108 Å². The van der Waals surface area contributed by atoms with E-state index in [0.29, 0.717) is 25.6 Å². The van der Waals surface area contributed by atoms with Crippen molar-refractivity contribution < 1.29 is 9.59 Å². The molecule has 2 aliphatic rings. The molecule has 2 fully saturated rings. The SMILES string of the molecule is CC1CC(CN)(C(=O)NCCNC(=O)C2CC2)C1. The van der Waals surface area contributed by atoms with Gasteiger partial charge in [-0.15, -0.1) is 0 Å². The van der Waals surface area contributed by atoms with Crippen LogP contribution in [-0.4, -0.2) is 31.4 Å². The van der Waals surface area contributed by atoms with Gasteiger partial charge in [-0.05, 0) is 31.6 Å². The summed E-state index contributed by atoms with van der Waals surface area (Å²) in [7, 11) is 0. The summed E-state index contributed by atoms with van der Waals surface area (Å²) >= 11 is 0. The first-order valence-electron chi connectivity index (χ1n) is 6.83. The van der Waals surface area contributed by atoms with Crippen LogP contribution in [0.1, 0.15) is 32.6 Å². The zero-order valence-electron chi connectivity index (χ0n) is 11.0. The zero-order valence-corrected chi connectivity index (χ0v) is 11.0. The molecule has 5 nitrogen and oxygen atoms in total. The van der Waals surface area contributed by atoms with Gasteiger partial charge in [0.25, 0.3) is 0 Å². The molecule has 0 aromatic rings. The maximum Gasteiger partial charge on any atom is 0.227 e. The molecular formula is C13H23N3O2. The molecule has 5 heteroatoms. The van der Waals surface area contributed by atoms with Crippen molar-refractivity contribution in [2.45, 2.75) is 32.6 Å². The molecule has 0 aromatic carbocycles. The van der Waals surface area contributed by atoms with Gasteiger partial charge in [-0.3, -0.25) is 9.59 Å². The topological polar surface area (TPSA) is 84.2 Å². The Bertz CT molecular complexity index is 333. The van der Waals surface area contributed by atoms with Crippen molar-refractivity contribution in [2.75, 3.05) is 19.6 Å². The maximum absolute atomic E-state index is 12.0. The Kier molecular flexibility index (Phi) is 3.90. The van der Waals surface area contributed by atoms with Crippen molar-refractivity contribution in [1.29, 1.82) is 0 Å². The molecule has 18 heavy (non-hydrogen) atoms. The quantitative estimate of drug-likeness (QED) is 0.583. The Morgan fingerprint density at radius 1 is 1.22 bits per heavy atom. The smallest absolute Gasteiger partial charge is 0.227 e. The summed E-state index contributed by atoms with van der Waals surface area (Å²) in [5.41, 5.74) is 5.35. The summed E-state index contributed by atoms with van der Waals surface area (Å²) < 4.78 is 0. The van der Waals surface area contributed by atoms with E-state index in [2.05, 4.69) is 17.6 Å². The highest BCUT2D eigenvalue weighted by atomic mass is 16.2. The molecule has 0 saturated heterocycles. The van der Waals surface area contributed by atoms with Gasteiger partial charge < -0.3 is 16.4 Å². The second kappa shape index (κ2) is 5.26. The molecular weight excluding hydrogens is 230 g/mol. The number of amides is 2. The maximum atomic E-state index is 12.0. The number of nitrogens with two attached hydrogens (primary N) is 1. The van der Waals surface area contributed by atoms with Gasteiger partial charge in [-0.25, -0.2) is 0 Å². The van der Waals surface area contributed by atoms with Crippen LogP contribution < -0.4 is 16.4 Å². The minimum absolute atomic E-state index is 0.0452. The number of hydrogen-bond donors (Lipinski definition) is 3. The van der Waals surface area contributed by atoms with Gasteiger partial charge in [-0.1, -0.05) is 6.92 Å². The summed E-state index contributed by atoms with van der Waals surface area (Å²) in [5.74, 6) is 0.983. The van der Waals surface area contributed by atoms with Crippen LogP contribution in [0, 0.1) is 17.3 Å². The Morgan fingerprint density at radius 2 is 1.83 bits per heavy atom. The second-order valence-corrected chi connectivity index (χ2v) is 5.82. The second-order valence-electron chi connectivity index (χ2n) is 5.82. The van der Waals surface area contributed by atoms with Gasteiger partial charge in [0, 0.05) is 25.6 Å². The molecule has 2 saturated carbocycles. The molecule has 102 valence electrons. The predicted octanol–water partition coefficient (Wildman–Crippen LogP) is 0.00380. The van der Waals surface area contributed by atoms with Crippen molar-refractivity contribution in [3.8, 4) is 0 Å². The fraction of sp³-hybridized carbons (Fsp3) is 0.846. The first-order valence-corrected chi connectivity index (χ1v) is 6.83. The molecule has 0 unspecified atom stereocenters. The van der Waals surface area contributed by atoms with E-state index in [4.69, 9.17) is 5.73 Å². The lowest BCUT2D eigenvalue weighted by Crippen LogP contribution is -2.54. The van der Waals surface area contributed by atoms with E-state index in [1.807, 2.05) is 0 Å². The van der Waals surface area contributed by atoms with Crippen LogP contribution in [0.3, 0.4) is 0 Å². The van der Waals surface area contributed by atoms with Crippen LogP contribution in [-0.2, 0) is 9.59 Å². The van der Waals surface area contributed by atoms with Crippen LogP contribution in [0.5, 0.6) is 0 Å². The third-order valence-corrected chi connectivity index (χ3v) is 4.01. The first kappa shape index (κ1) is 13.3. The number of hydrogen-bond acceptors (Lipinski definition) is 3. The third kappa shape index (κ3) is 2.83. The summed E-state index contributed by atoms with van der Waals surface area (Å²) in [6, 6.07) is 0. The highest BCUT2D eigenvalue weighted by Crippen LogP contribution is 2.44. The van der Waals surface area contributed by atoms with Crippen LogP contribution >= 0.6 is 0 Å². The van der Waals surface area contributed by atoms with Crippen molar-refractivity contribution in [2.24, 2.45) is 23.0 Å². The third-order valence-electron chi connectivity index (χ3n) is 4.01. The minimum Gasteiger partial charge on any atom is -0.354 e. The summed E-state index contributed by atoms with van der Waals surface area (Å²) in [6.07, 6.45) is 3.77. The molecule has 0 radical (unpaired) electrons. The Hall–Kier alpha value is -1.10. The summed E-state index contributed by atoms with van der Waals surface area (Å²) in [6.45, 7) is 3.55. The van der Waals surface area contributed by atoms with E-state index in [9.17, 15) is 9.59 Å². The van der Waals surface area contributed by atoms with Crippen molar-refractivity contribution in [3.63, 3.8) is 0 Å². The lowest BCUT2D eigenvalue weighted by Gasteiger charge is -2.44. The number of carbonyl (C=O) groups excluding carboxylic acids is 2. The van der Waals surface area contributed by atoms with E-state index in [-0.39, 0.29) is 23.1 Å². The minimum atomic E-state index is -0.347. The summed E-state index contributed by atoms with van der Waals surface area (Å²) in [5, 5.41) is 5.71. The lowest BCUT2D eigenvalue weighted by atomic mass is 9.62. The molecule has 0 aromatic heterocycles. The number of carbonyl (C=O) groups is 2. The van der Waals surface area contributed by atoms with Gasteiger partial charge in [-0.2, -0.15) is 0 Å². The highest BCUT2D eigenvalue weighted by molar-refractivity contribution is 5.84. The molecule has 0 atom stereocenters. The van der Waals surface area contributed by atoms with Gasteiger partial charge in [0.15, 0.2) is 0 Å². The van der Waals surface area contributed by atoms with Crippen LogP contribution in [0.4, 0.5) is 0 Å². The van der Waals surface area contributed by atoms with E-state index >= 15 is 0 Å². The van der Waals surface area contributed by atoms with E-state index < -0.39 is 0 Å². The Balaban J connectivity index is 1.63. The standard InChI is InChI=1S/C13H23N3O2/c1-9-6-13(7-9,8-14)12(18)16-5-4-15-11(17)10-2-3-10/h9-10H,2-8,14H2,1H3,(H,15,17)(H,16,18). The van der Waals surface area contributed by atoms with Crippen molar-refractivity contribution >= 4 is 11.8 Å². The van der Waals surface area contributed by atoms with Crippen molar-refractivity contribution in [3.05, 3.63) is 0 Å². The van der Waals surface area contributed by atoms with Gasteiger partial charge >= 0.3 is 0 Å². The first-order chi connectivity index (χ1) is 8.57. The lowest BCUT2D eigenvalue weighted by molar-refractivity contribution is -0.138. The molecule has 0 bridgehead atoms. The fourth-order valence-corrected chi connectivity index (χ4v) is 2.76. The van der Waals surface area contributed by atoms with Crippen LogP contribution in [0.25, 0.3) is 0 Å². The average molecular weight is 253 g/mol. The molecule has 2 amide bonds. The molecule has 4 N–H and O–H groups in total. The van der Waals surface area contributed by atoms with E-state index in [1.54, 1.807) is 0 Å². The number of rotatable bonds is 6. The van der Waals surface area contributed by atoms with Gasteiger partial charge in [0.1, 0.15) is 0 Å². The molecule has 2 aliphatic carbocycles. The fourth-order valence-electron chi connectivity index (χ4n) is 2.76. The van der Waals surface area contributed by atoms with Crippen LogP contribution in [0.2, 0.25) is 0 Å². The largest absolute Gasteiger partial charge is 0.354 e. The molecule has 2 rings (SSSR count). The molecule has 0 aliphatic heterocycles. The van der Waals surface area contributed by atoms with Gasteiger partial charge in [0.05, 0.1) is 5.41 Å². The van der Waals surface area contributed by atoms with Crippen molar-refractivity contribution in [1.82, 2.24) is 10.6 Å². The highest BCUT2D eigenvalue weighted by Gasteiger charge is 2.46. The normalized spacial score (nSPS) is 30.4. The monoisotopic (exact) mass is 253 g/mol. The summed E-state index contributed by atoms with van der Waals surface area (Å²) in [4.78, 5) is 23.4. The predicted molar refractivity (Wildman–Crippen MR) is 68.6 cm³/mol. The molecule has 0 spiro atoms. The Morgan fingerprint density at radius 3 is 2.33 bits per heavy atom. The van der Waals surface area contributed by atoms with E-state index in [1.165, 1.54) is 0 Å². The zero-order chi connectivity index (χ0) is 13.2. The van der Waals surface area contributed by atoms with Gasteiger partial charge in [0.2, 0.25) is 11.8 Å². The van der Waals surface area contributed by atoms with Crippen LogP contribution in [0.15, 0.2) is 0 Å².